The van der Waals surface area contributed by atoms with Gasteiger partial charge in [-0.15, -0.1) is 0 Å². The summed E-state index contributed by atoms with van der Waals surface area (Å²) in [7, 11) is 0. The van der Waals surface area contributed by atoms with E-state index in [4.69, 9.17) is 9.47 Å². The van der Waals surface area contributed by atoms with Crippen molar-refractivity contribution >= 4 is 65.4 Å². The lowest BCUT2D eigenvalue weighted by Gasteiger charge is -2.32. The fraction of sp³-hybridized carbons (Fsp3) is 0.0854. The number of hydrogen-bond donors (Lipinski definition) is 0. The Kier molecular flexibility index (Phi) is 14.2. The molecule has 0 unspecified atom stereocenters. The van der Waals surface area contributed by atoms with Crippen LogP contribution in [0.25, 0.3) is 138 Å². The molecule has 458 valence electrons. The van der Waals surface area contributed by atoms with E-state index in [1.165, 1.54) is 34.4 Å². The SMILES string of the molecule is CCCC1(CCC)c2cc(-c3cccc(-n4c5ccccc5c5cc(-c6cccc(OC(F)=C(F)F)c6)ccc54)c3)ccc2-c2cc3c4cc(-c5cccc(-n6c7ccccc7c7cc(-c8cccc(OC(F)=C(F)F)c8)ccc76)c5)ccc4n(-c4ccncc4)c3cc21. The van der Waals surface area contributed by atoms with Crippen LogP contribution in [0.1, 0.15) is 50.7 Å². The predicted octanol–water partition coefficient (Wildman–Crippen LogP) is 23.7. The number of nitrogens with zero attached hydrogens (tertiary/aromatic N) is 4. The number of hydrogen-bond acceptors (Lipinski definition) is 3. The maximum absolute atomic E-state index is 13.9. The number of para-hydroxylation sites is 2. The van der Waals surface area contributed by atoms with Gasteiger partial charge in [-0.3, -0.25) is 4.98 Å². The van der Waals surface area contributed by atoms with E-state index in [-0.39, 0.29) is 16.9 Å². The van der Waals surface area contributed by atoms with Gasteiger partial charge >= 0.3 is 24.2 Å². The molecule has 16 rings (SSSR count). The topological polar surface area (TPSA) is 46.1 Å². The van der Waals surface area contributed by atoms with Crippen LogP contribution in [0.15, 0.2) is 279 Å². The molecule has 1 aliphatic carbocycles. The van der Waals surface area contributed by atoms with E-state index < -0.39 is 24.2 Å². The van der Waals surface area contributed by atoms with Gasteiger partial charge in [-0.1, -0.05) is 142 Å². The minimum absolute atomic E-state index is 0.0265. The van der Waals surface area contributed by atoms with Gasteiger partial charge in [0.2, 0.25) is 0 Å². The Bertz CT molecular complexity index is 5630. The van der Waals surface area contributed by atoms with Crippen molar-refractivity contribution in [3.63, 3.8) is 0 Å². The molecule has 11 aromatic carbocycles. The summed E-state index contributed by atoms with van der Waals surface area (Å²) >= 11 is 0. The second kappa shape index (κ2) is 23.1. The van der Waals surface area contributed by atoms with Gasteiger partial charge in [0.15, 0.2) is 0 Å². The fourth-order valence-corrected chi connectivity index (χ4v) is 14.9. The number of fused-ring (bicyclic) bond motifs is 12. The number of benzene rings is 11. The van der Waals surface area contributed by atoms with E-state index in [2.05, 4.69) is 190 Å². The first-order chi connectivity index (χ1) is 45.9. The Hall–Kier alpha value is -11.4. The van der Waals surface area contributed by atoms with Crippen LogP contribution >= 0.6 is 0 Å². The highest BCUT2D eigenvalue weighted by atomic mass is 19.3. The summed E-state index contributed by atoms with van der Waals surface area (Å²) in [4.78, 5) is 4.45. The van der Waals surface area contributed by atoms with Gasteiger partial charge < -0.3 is 23.2 Å². The maximum atomic E-state index is 13.9. The normalized spacial score (nSPS) is 12.5. The largest absolute Gasteiger partial charge is 0.428 e. The average Bonchev–Trinajstić information content (AvgIpc) is 1.54. The highest BCUT2D eigenvalue weighted by molar-refractivity contribution is 6.14. The van der Waals surface area contributed by atoms with Crippen LogP contribution in [-0.4, -0.2) is 18.7 Å². The molecule has 4 heterocycles. The van der Waals surface area contributed by atoms with Gasteiger partial charge in [-0.25, -0.2) is 0 Å². The zero-order chi connectivity index (χ0) is 63.9. The van der Waals surface area contributed by atoms with Gasteiger partial charge in [0.25, 0.3) is 0 Å². The monoisotopic (exact) mass is 1240 g/mol. The zero-order valence-corrected chi connectivity index (χ0v) is 51.0. The lowest BCUT2D eigenvalue weighted by molar-refractivity contribution is 0.241. The molecule has 1 aliphatic rings. The smallest absolute Gasteiger partial charge is 0.344 e. The van der Waals surface area contributed by atoms with Crippen molar-refractivity contribution in [3.8, 4) is 84.2 Å². The number of pyridine rings is 1. The average molecular weight is 1240 g/mol. The molecule has 0 aliphatic heterocycles. The van der Waals surface area contributed by atoms with Crippen LogP contribution < -0.4 is 9.47 Å². The van der Waals surface area contributed by atoms with E-state index in [0.717, 1.165) is 142 Å². The molecule has 94 heavy (non-hydrogen) atoms. The van der Waals surface area contributed by atoms with Crippen LogP contribution in [0.3, 0.4) is 0 Å². The Balaban J connectivity index is 0.793. The molecule has 0 fully saturated rings. The highest BCUT2D eigenvalue weighted by Crippen LogP contribution is 2.57. The Morgan fingerprint density at radius 1 is 0.330 bits per heavy atom. The van der Waals surface area contributed by atoms with Crippen LogP contribution in [0.4, 0.5) is 26.3 Å². The van der Waals surface area contributed by atoms with Gasteiger partial charge in [0.1, 0.15) is 11.5 Å². The molecule has 15 aromatic rings. The van der Waals surface area contributed by atoms with Gasteiger partial charge in [-0.2, -0.15) is 26.3 Å². The third-order valence-electron chi connectivity index (χ3n) is 18.8. The van der Waals surface area contributed by atoms with E-state index >= 15 is 0 Å². The summed E-state index contributed by atoms with van der Waals surface area (Å²) in [5.41, 5.74) is 21.5. The lowest BCUT2D eigenvalue weighted by atomic mass is 9.71. The predicted molar refractivity (Wildman–Crippen MR) is 367 cm³/mol. The first kappa shape index (κ1) is 57.8. The molecule has 0 amide bonds. The Morgan fingerprint density at radius 2 is 0.723 bits per heavy atom. The standard InChI is InChI=1S/C82H56F6N4O2/c1-3-35-82(36-4-2)70-46-56(50-14-10-18-59(40-50)92-73-24-8-6-22-64(73)67-44-55(28-31-75(67)92)52-16-12-20-61(42-52)94-81(88)79(85)86)25-29-62(70)65-47-69-68-45-53(26-32-76(68)90(77(69)48-71(65)82)57-33-37-89-38-34-57)49-13-9-17-58(39-49)91-72-23-7-5-21-63(72)66-43-54(27-30-74(66)91)51-15-11-19-60(41-51)93-80(87)78(83)84/h5-34,37-48H,3-4,35-36H2,1-2H3. The van der Waals surface area contributed by atoms with Gasteiger partial charge in [-0.05, 0) is 207 Å². The van der Waals surface area contributed by atoms with Crippen molar-refractivity contribution in [1.82, 2.24) is 18.7 Å². The van der Waals surface area contributed by atoms with Crippen molar-refractivity contribution in [1.29, 1.82) is 0 Å². The van der Waals surface area contributed by atoms with Crippen molar-refractivity contribution in [2.45, 2.75) is 44.9 Å². The molecule has 0 saturated carbocycles. The maximum Gasteiger partial charge on any atom is 0.344 e. The summed E-state index contributed by atoms with van der Waals surface area (Å²) < 4.78 is 96.3. The molecule has 0 N–H and O–H groups in total. The summed E-state index contributed by atoms with van der Waals surface area (Å²) in [6.45, 7) is 4.59. The molecule has 12 heteroatoms. The minimum atomic E-state index is -2.52. The second-order valence-corrected chi connectivity index (χ2v) is 24.1. The van der Waals surface area contributed by atoms with E-state index in [1.807, 2.05) is 60.9 Å². The Labute approximate surface area is 536 Å². The van der Waals surface area contributed by atoms with Crippen LogP contribution in [0.5, 0.6) is 11.5 Å². The zero-order valence-electron chi connectivity index (χ0n) is 51.0. The molecule has 0 saturated heterocycles. The minimum Gasteiger partial charge on any atom is -0.428 e. The number of halogens is 6. The van der Waals surface area contributed by atoms with Gasteiger partial charge in [0, 0.05) is 67.2 Å². The van der Waals surface area contributed by atoms with Crippen molar-refractivity contribution in [2.24, 2.45) is 0 Å². The molecular weight excluding hydrogens is 1190 g/mol. The van der Waals surface area contributed by atoms with Crippen molar-refractivity contribution < 1.29 is 35.8 Å². The number of aromatic nitrogens is 4. The van der Waals surface area contributed by atoms with E-state index in [1.54, 1.807) is 24.3 Å². The second-order valence-electron chi connectivity index (χ2n) is 24.1. The van der Waals surface area contributed by atoms with Crippen LogP contribution in [-0.2, 0) is 5.41 Å². The van der Waals surface area contributed by atoms with Crippen molar-refractivity contribution in [2.75, 3.05) is 0 Å². The van der Waals surface area contributed by atoms with Crippen LogP contribution in [0.2, 0.25) is 0 Å². The summed E-state index contributed by atoms with van der Waals surface area (Å²) in [6.07, 6.45) is 2.61. The van der Waals surface area contributed by atoms with Crippen molar-refractivity contribution in [3.05, 3.63) is 290 Å². The highest BCUT2D eigenvalue weighted by Gasteiger charge is 2.43. The van der Waals surface area contributed by atoms with Crippen LogP contribution in [0, 0.1) is 0 Å². The molecule has 0 atom stereocenters. The molecule has 4 aromatic heterocycles. The summed E-state index contributed by atoms with van der Waals surface area (Å²) in [5, 5.41) is 6.37. The third kappa shape index (κ3) is 9.61. The summed E-state index contributed by atoms with van der Waals surface area (Å²) in [5.74, 6) is -0.0566. The van der Waals surface area contributed by atoms with E-state index in [0.29, 0.717) is 11.1 Å². The number of ether oxygens (including phenoxy) is 2. The van der Waals surface area contributed by atoms with Gasteiger partial charge in [0.05, 0.1) is 33.1 Å². The molecule has 0 radical (unpaired) electrons. The van der Waals surface area contributed by atoms with E-state index in [9.17, 15) is 26.3 Å². The number of rotatable bonds is 15. The molecule has 0 spiro atoms. The summed E-state index contributed by atoms with van der Waals surface area (Å²) in [6, 6.07) is 78.4. The fourth-order valence-electron chi connectivity index (χ4n) is 14.9. The molecule has 0 bridgehead atoms. The molecule has 6 nitrogen and oxygen atoms in total. The Morgan fingerprint density at radius 3 is 1.21 bits per heavy atom. The quantitative estimate of drug-likeness (QED) is 0.0759. The first-order valence-corrected chi connectivity index (χ1v) is 31.4. The first-order valence-electron chi connectivity index (χ1n) is 31.4. The molecular formula is C82H56F6N4O2. The lowest BCUT2D eigenvalue weighted by Crippen LogP contribution is -2.25. The third-order valence-corrected chi connectivity index (χ3v) is 18.8.